The van der Waals surface area contributed by atoms with Crippen molar-refractivity contribution in [2.24, 2.45) is 0 Å². The number of carbonyl (C=O) groups is 1. The molecule has 26 heavy (non-hydrogen) atoms. The molecule has 0 aliphatic rings. The summed E-state index contributed by atoms with van der Waals surface area (Å²) in [5.74, 6) is 0.0922. The molecule has 4 aromatic rings. The zero-order valence-corrected chi connectivity index (χ0v) is 14.7. The normalized spacial score (nSPS) is 10.6. The van der Waals surface area contributed by atoms with Crippen LogP contribution in [0.5, 0.6) is 0 Å². The summed E-state index contributed by atoms with van der Waals surface area (Å²) >= 11 is 1.62. The standard InChI is InChI=1S/C21H16N2O2S/c24-20(19-10-5-11-25-19)22-13-15-6-4-9-17(12-15)21-23-18(14-26-21)16-7-2-1-3-8-16/h1-12,14H,13H2,(H,22,24). The number of aromatic nitrogens is 1. The van der Waals surface area contributed by atoms with Crippen LogP contribution in [0.25, 0.3) is 21.8 Å². The van der Waals surface area contributed by atoms with E-state index in [0.717, 1.165) is 27.4 Å². The molecule has 2 aromatic heterocycles. The summed E-state index contributed by atoms with van der Waals surface area (Å²) in [5, 5.41) is 5.89. The molecular weight excluding hydrogens is 344 g/mol. The van der Waals surface area contributed by atoms with E-state index in [1.165, 1.54) is 6.26 Å². The van der Waals surface area contributed by atoms with Crippen LogP contribution in [-0.2, 0) is 6.54 Å². The van der Waals surface area contributed by atoms with Gasteiger partial charge in [-0.15, -0.1) is 11.3 Å². The summed E-state index contributed by atoms with van der Waals surface area (Å²) in [6, 6.07) is 21.5. The predicted molar refractivity (Wildman–Crippen MR) is 103 cm³/mol. The third kappa shape index (κ3) is 3.58. The molecule has 0 bridgehead atoms. The number of benzene rings is 2. The van der Waals surface area contributed by atoms with Crippen molar-refractivity contribution in [3.8, 4) is 21.8 Å². The van der Waals surface area contributed by atoms with E-state index in [9.17, 15) is 4.79 Å². The van der Waals surface area contributed by atoms with Crippen molar-refractivity contribution in [1.29, 1.82) is 0 Å². The van der Waals surface area contributed by atoms with Crippen LogP contribution in [0, 0.1) is 0 Å². The number of hydrogen-bond acceptors (Lipinski definition) is 4. The zero-order valence-electron chi connectivity index (χ0n) is 13.9. The lowest BCUT2D eigenvalue weighted by atomic mass is 10.1. The van der Waals surface area contributed by atoms with Crippen molar-refractivity contribution in [2.45, 2.75) is 6.54 Å². The lowest BCUT2D eigenvalue weighted by molar-refractivity contribution is 0.0923. The minimum atomic E-state index is -0.221. The Bertz CT molecular complexity index is 1010. The SMILES string of the molecule is O=C(NCc1cccc(-c2nc(-c3ccccc3)cs2)c1)c1ccco1. The summed E-state index contributed by atoms with van der Waals surface area (Å²) in [6.07, 6.45) is 1.49. The molecule has 128 valence electrons. The first kappa shape index (κ1) is 16.3. The van der Waals surface area contributed by atoms with Gasteiger partial charge in [0.1, 0.15) is 5.01 Å². The number of hydrogen-bond donors (Lipinski definition) is 1. The first-order valence-electron chi connectivity index (χ1n) is 8.21. The molecule has 0 atom stereocenters. The Balaban J connectivity index is 1.49. The first-order valence-corrected chi connectivity index (χ1v) is 9.09. The minimum Gasteiger partial charge on any atom is -0.459 e. The zero-order chi connectivity index (χ0) is 17.8. The third-order valence-corrected chi connectivity index (χ3v) is 4.84. The highest BCUT2D eigenvalue weighted by atomic mass is 32.1. The molecule has 1 N–H and O–H groups in total. The number of furan rings is 1. The number of nitrogens with one attached hydrogen (secondary N) is 1. The molecule has 1 amide bonds. The van der Waals surface area contributed by atoms with Gasteiger partial charge in [-0.05, 0) is 23.8 Å². The summed E-state index contributed by atoms with van der Waals surface area (Å²) in [5.41, 5.74) is 4.14. The molecular formula is C21H16N2O2S. The molecule has 5 heteroatoms. The number of rotatable bonds is 5. The van der Waals surface area contributed by atoms with Gasteiger partial charge in [-0.3, -0.25) is 4.79 Å². The highest BCUT2D eigenvalue weighted by Crippen LogP contribution is 2.29. The van der Waals surface area contributed by atoms with Gasteiger partial charge in [0.15, 0.2) is 5.76 Å². The minimum absolute atomic E-state index is 0.221. The van der Waals surface area contributed by atoms with E-state index in [0.29, 0.717) is 12.3 Å². The molecule has 0 saturated heterocycles. The Morgan fingerprint density at radius 2 is 1.85 bits per heavy atom. The quantitative estimate of drug-likeness (QED) is 0.545. The molecule has 0 saturated carbocycles. The van der Waals surface area contributed by atoms with E-state index in [1.807, 2.05) is 36.4 Å². The molecule has 4 rings (SSSR count). The molecule has 0 aliphatic carbocycles. The van der Waals surface area contributed by atoms with Gasteiger partial charge in [-0.25, -0.2) is 4.98 Å². The van der Waals surface area contributed by atoms with Crippen LogP contribution < -0.4 is 5.32 Å². The van der Waals surface area contributed by atoms with Crippen molar-refractivity contribution in [2.75, 3.05) is 0 Å². The topological polar surface area (TPSA) is 55.1 Å². The van der Waals surface area contributed by atoms with Gasteiger partial charge >= 0.3 is 0 Å². The van der Waals surface area contributed by atoms with E-state index >= 15 is 0 Å². The molecule has 0 radical (unpaired) electrons. The van der Waals surface area contributed by atoms with Crippen LogP contribution in [0.1, 0.15) is 16.1 Å². The average Bonchev–Trinajstić information content (AvgIpc) is 3.39. The van der Waals surface area contributed by atoms with E-state index in [-0.39, 0.29) is 5.91 Å². The lowest BCUT2D eigenvalue weighted by Gasteiger charge is -2.05. The molecule has 0 spiro atoms. The second-order valence-corrected chi connectivity index (χ2v) is 6.62. The van der Waals surface area contributed by atoms with Gasteiger partial charge in [0, 0.05) is 23.1 Å². The van der Waals surface area contributed by atoms with Crippen LogP contribution in [0.2, 0.25) is 0 Å². The number of nitrogens with zero attached hydrogens (tertiary/aromatic N) is 1. The van der Waals surface area contributed by atoms with Crippen LogP contribution in [0.3, 0.4) is 0 Å². The van der Waals surface area contributed by atoms with Crippen LogP contribution >= 0.6 is 11.3 Å². The molecule has 0 unspecified atom stereocenters. The molecule has 0 fully saturated rings. The summed E-state index contributed by atoms with van der Waals surface area (Å²) in [7, 11) is 0. The maximum absolute atomic E-state index is 12.0. The Labute approximate surface area is 155 Å². The second kappa shape index (κ2) is 7.37. The molecule has 4 nitrogen and oxygen atoms in total. The molecule has 0 aliphatic heterocycles. The molecule has 2 aromatic carbocycles. The summed E-state index contributed by atoms with van der Waals surface area (Å²) in [4.78, 5) is 16.7. The lowest BCUT2D eigenvalue weighted by Crippen LogP contribution is -2.22. The summed E-state index contributed by atoms with van der Waals surface area (Å²) in [6.45, 7) is 0.435. The maximum Gasteiger partial charge on any atom is 0.287 e. The van der Waals surface area contributed by atoms with Crippen LogP contribution in [0.15, 0.2) is 82.8 Å². The van der Waals surface area contributed by atoms with E-state index in [1.54, 1.807) is 23.5 Å². The third-order valence-electron chi connectivity index (χ3n) is 3.95. The average molecular weight is 360 g/mol. The van der Waals surface area contributed by atoms with Crippen molar-refractivity contribution < 1.29 is 9.21 Å². The number of thiazole rings is 1. The van der Waals surface area contributed by atoms with Gasteiger partial charge in [-0.2, -0.15) is 0 Å². The Kier molecular flexibility index (Phi) is 4.62. The highest BCUT2D eigenvalue weighted by Gasteiger charge is 2.09. The van der Waals surface area contributed by atoms with Gasteiger partial charge < -0.3 is 9.73 Å². The Morgan fingerprint density at radius 3 is 2.65 bits per heavy atom. The number of amides is 1. The van der Waals surface area contributed by atoms with Crippen molar-refractivity contribution in [3.63, 3.8) is 0 Å². The fourth-order valence-electron chi connectivity index (χ4n) is 2.64. The maximum atomic E-state index is 12.0. The molecule has 2 heterocycles. The fourth-order valence-corrected chi connectivity index (χ4v) is 3.47. The predicted octanol–water partition coefficient (Wildman–Crippen LogP) is 5.00. The van der Waals surface area contributed by atoms with Crippen molar-refractivity contribution in [1.82, 2.24) is 10.3 Å². The Morgan fingerprint density at radius 1 is 1.00 bits per heavy atom. The van der Waals surface area contributed by atoms with E-state index in [2.05, 4.69) is 28.9 Å². The second-order valence-electron chi connectivity index (χ2n) is 5.76. The van der Waals surface area contributed by atoms with Gasteiger partial charge in [0.2, 0.25) is 0 Å². The number of carbonyl (C=O) groups excluding carboxylic acids is 1. The van der Waals surface area contributed by atoms with Gasteiger partial charge in [-0.1, -0.05) is 48.5 Å². The Hall–Kier alpha value is -3.18. The van der Waals surface area contributed by atoms with E-state index < -0.39 is 0 Å². The first-order chi connectivity index (χ1) is 12.8. The van der Waals surface area contributed by atoms with Gasteiger partial charge in [0.25, 0.3) is 5.91 Å². The van der Waals surface area contributed by atoms with E-state index in [4.69, 9.17) is 9.40 Å². The van der Waals surface area contributed by atoms with Crippen LogP contribution in [0.4, 0.5) is 0 Å². The summed E-state index contributed by atoms with van der Waals surface area (Å²) < 4.78 is 5.10. The van der Waals surface area contributed by atoms with Crippen molar-refractivity contribution >= 4 is 17.2 Å². The highest BCUT2D eigenvalue weighted by molar-refractivity contribution is 7.13. The monoisotopic (exact) mass is 360 g/mol. The smallest absolute Gasteiger partial charge is 0.287 e. The van der Waals surface area contributed by atoms with Crippen molar-refractivity contribution in [3.05, 3.63) is 89.7 Å². The fraction of sp³-hybridized carbons (Fsp3) is 0.0476. The van der Waals surface area contributed by atoms with Crippen LogP contribution in [-0.4, -0.2) is 10.9 Å². The largest absolute Gasteiger partial charge is 0.459 e. The van der Waals surface area contributed by atoms with Gasteiger partial charge in [0.05, 0.1) is 12.0 Å².